The van der Waals surface area contributed by atoms with Gasteiger partial charge in [0.05, 0.1) is 6.61 Å². The van der Waals surface area contributed by atoms with Crippen molar-refractivity contribution in [1.82, 2.24) is 0 Å². The highest BCUT2D eigenvalue weighted by Crippen LogP contribution is 2.36. The van der Waals surface area contributed by atoms with Crippen LogP contribution >= 0.6 is 0 Å². The van der Waals surface area contributed by atoms with Gasteiger partial charge < -0.3 is 9.53 Å². The Labute approximate surface area is 140 Å². The molecule has 0 saturated heterocycles. The number of benzene rings is 2. The molecule has 120 valence electrons. The number of terminal acetylenes is 1. The van der Waals surface area contributed by atoms with Crippen molar-refractivity contribution in [2.75, 3.05) is 6.61 Å². The maximum absolute atomic E-state index is 9.84. The summed E-state index contributed by atoms with van der Waals surface area (Å²) < 4.78 is 6.47. The Kier molecular flexibility index (Phi) is 5.43. The molecule has 1 atom stereocenters. The molecule has 3 heteroatoms. The molecule has 0 aliphatic rings. The van der Waals surface area contributed by atoms with Crippen LogP contribution in [0.1, 0.15) is 20.8 Å². The van der Waals surface area contributed by atoms with Crippen molar-refractivity contribution < 1.29 is 9.53 Å². The molecule has 1 N–H and O–H groups in total. The van der Waals surface area contributed by atoms with Crippen molar-refractivity contribution >= 4 is 18.7 Å². The fourth-order valence-corrected chi connectivity index (χ4v) is 7.58. The second-order valence-corrected chi connectivity index (χ2v) is 11.0. The molecular formula is C20H24O2Si. The highest BCUT2D eigenvalue weighted by molar-refractivity contribution is 6.99. The van der Waals surface area contributed by atoms with Gasteiger partial charge >= 0.3 is 0 Å². The van der Waals surface area contributed by atoms with E-state index in [0.717, 1.165) is 0 Å². The van der Waals surface area contributed by atoms with Gasteiger partial charge in [0.1, 0.15) is 6.10 Å². The van der Waals surface area contributed by atoms with E-state index in [1.54, 1.807) is 0 Å². The lowest BCUT2D eigenvalue weighted by atomic mass is 10.2. The van der Waals surface area contributed by atoms with Crippen LogP contribution in [-0.4, -0.2) is 26.1 Å². The van der Waals surface area contributed by atoms with E-state index in [-0.39, 0.29) is 11.6 Å². The molecule has 2 rings (SSSR count). The van der Waals surface area contributed by atoms with E-state index in [1.807, 2.05) is 36.4 Å². The van der Waals surface area contributed by atoms with Gasteiger partial charge in [0.25, 0.3) is 8.32 Å². The summed E-state index contributed by atoms with van der Waals surface area (Å²) in [6.07, 6.45) is 4.43. The molecule has 0 spiro atoms. The van der Waals surface area contributed by atoms with Crippen LogP contribution < -0.4 is 10.4 Å². The fraction of sp³-hybridized carbons (Fsp3) is 0.300. The minimum absolute atomic E-state index is 0.107. The lowest BCUT2D eigenvalue weighted by molar-refractivity contribution is 0.145. The molecule has 0 aliphatic carbocycles. The largest absolute Gasteiger partial charge is 0.404 e. The average molecular weight is 324 g/mol. The fourth-order valence-electron chi connectivity index (χ4n) is 3.01. The van der Waals surface area contributed by atoms with Crippen molar-refractivity contribution in [3.8, 4) is 12.3 Å². The first-order valence-corrected chi connectivity index (χ1v) is 9.72. The zero-order chi connectivity index (χ0) is 16.9. The highest BCUT2D eigenvalue weighted by atomic mass is 28.4. The van der Waals surface area contributed by atoms with Crippen molar-refractivity contribution in [1.29, 1.82) is 0 Å². The average Bonchev–Trinajstić information content (AvgIpc) is 2.56. The minimum Gasteiger partial charge on any atom is -0.404 e. The first-order chi connectivity index (χ1) is 10.9. The number of hydrogen-bond donors (Lipinski definition) is 1. The Bertz CT molecular complexity index is 614. The second kappa shape index (κ2) is 7.14. The van der Waals surface area contributed by atoms with Crippen LogP contribution in [0.3, 0.4) is 0 Å². The second-order valence-electron chi connectivity index (χ2n) is 6.66. The Hall–Kier alpha value is -1.86. The SMILES string of the molecule is C#CC(O)CO[Si](c1ccccc1)(c1ccccc1)C(C)(C)C. The number of aliphatic hydroxyl groups excluding tert-OH is 1. The lowest BCUT2D eigenvalue weighted by Gasteiger charge is -2.43. The summed E-state index contributed by atoms with van der Waals surface area (Å²) in [6.45, 7) is 6.73. The van der Waals surface area contributed by atoms with Gasteiger partial charge in [-0.3, -0.25) is 0 Å². The van der Waals surface area contributed by atoms with E-state index >= 15 is 0 Å². The van der Waals surface area contributed by atoms with Crippen LogP contribution in [0, 0.1) is 12.3 Å². The van der Waals surface area contributed by atoms with E-state index in [9.17, 15) is 5.11 Å². The van der Waals surface area contributed by atoms with Crippen LogP contribution in [0.25, 0.3) is 0 Å². The Morgan fingerprint density at radius 1 is 1.00 bits per heavy atom. The Morgan fingerprint density at radius 3 is 1.78 bits per heavy atom. The maximum atomic E-state index is 9.84. The molecule has 0 amide bonds. The maximum Gasteiger partial charge on any atom is 0.261 e. The van der Waals surface area contributed by atoms with E-state index in [2.05, 4.69) is 51.0 Å². The van der Waals surface area contributed by atoms with E-state index in [1.165, 1.54) is 10.4 Å². The summed E-state index contributed by atoms with van der Waals surface area (Å²) in [5.74, 6) is 2.34. The zero-order valence-corrected chi connectivity index (χ0v) is 15.0. The van der Waals surface area contributed by atoms with Crippen LogP contribution in [-0.2, 0) is 4.43 Å². The van der Waals surface area contributed by atoms with Gasteiger partial charge in [-0.15, -0.1) is 6.42 Å². The summed E-state index contributed by atoms with van der Waals surface area (Å²) in [6, 6.07) is 20.6. The molecule has 0 saturated carbocycles. The van der Waals surface area contributed by atoms with Crippen molar-refractivity contribution in [3.05, 3.63) is 60.7 Å². The zero-order valence-electron chi connectivity index (χ0n) is 14.0. The number of rotatable bonds is 5. The van der Waals surface area contributed by atoms with Gasteiger partial charge in [-0.1, -0.05) is 87.4 Å². The first-order valence-electron chi connectivity index (χ1n) is 7.81. The van der Waals surface area contributed by atoms with Crippen LogP contribution in [0.5, 0.6) is 0 Å². The Morgan fingerprint density at radius 2 is 1.43 bits per heavy atom. The topological polar surface area (TPSA) is 29.5 Å². The van der Waals surface area contributed by atoms with Crippen molar-refractivity contribution in [2.24, 2.45) is 0 Å². The molecule has 23 heavy (non-hydrogen) atoms. The van der Waals surface area contributed by atoms with Crippen LogP contribution in [0.4, 0.5) is 0 Å². The molecule has 0 radical (unpaired) electrons. The summed E-state index contributed by atoms with van der Waals surface area (Å²) in [5.41, 5.74) is 0. The molecule has 0 bridgehead atoms. The van der Waals surface area contributed by atoms with Crippen molar-refractivity contribution in [2.45, 2.75) is 31.9 Å². The lowest BCUT2D eigenvalue weighted by Crippen LogP contribution is -2.67. The van der Waals surface area contributed by atoms with E-state index in [0.29, 0.717) is 0 Å². The third kappa shape index (κ3) is 3.56. The molecule has 2 aromatic carbocycles. The Balaban J connectivity index is 2.62. The smallest absolute Gasteiger partial charge is 0.261 e. The normalized spacial score (nSPS) is 13.3. The molecule has 0 aromatic heterocycles. The van der Waals surface area contributed by atoms with Crippen LogP contribution in [0.2, 0.25) is 5.04 Å². The number of aliphatic hydroxyl groups is 1. The standard InChI is InChI=1S/C20H24O2Si/c1-5-17(21)16-22-23(20(2,3)4,18-12-8-6-9-13-18)19-14-10-7-11-15-19/h1,6-15,17,21H,16H2,2-4H3. The van der Waals surface area contributed by atoms with Gasteiger partial charge in [0.15, 0.2) is 0 Å². The van der Waals surface area contributed by atoms with Gasteiger partial charge in [-0.25, -0.2) is 0 Å². The molecule has 2 nitrogen and oxygen atoms in total. The first kappa shape index (κ1) is 17.5. The van der Waals surface area contributed by atoms with Gasteiger partial charge in [0.2, 0.25) is 0 Å². The van der Waals surface area contributed by atoms with Gasteiger partial charge in [-0.2, -0.15) is 0 Å². The molecule has 2 aromatic rings. The van der Waals surface area contributed by atoms with Gasteiger partial charge in [0, 0.05) is 0 Å². The molecular weight excluding hydrogens is 300 g/mol. The highest BCUT2D eigenvalue weighted by Gasteiger charge is 2.50. The predicted molar refractivity (Wildman–Crippen MR) is 98.4 cm³/mol. The molecule has 0 heterocycles. The number of hydrogen-bond acceptors (Lipinski definition) is 2. The summed E-state index contributed by atoms with van der Waals surface area (Å²) in [5, 5.41) is 12.1. The molecule has 1 unspecified atom stereocenters. The summed E-state index contributed by atoms with van der Waals surface area (Å²) >= 11 is 0. The van der Waals surface area contributed by atoms with E-state index in [4.69, 9.17) is 10.8 Å². The minimum atomic E-state index is -2.58. The third-order valence-electron chi connectivity index (χ3n) is 4.07. The van der Waals surface area contributed by atoms with Crippen molar-refractivity contribution in [3.63, 3.8) is 0 Å². The monoisotopic (exact) mass is 324 g/mol. The van der Waals surface area contributed by atoms with Gasteiger partial charge in [-0.05, 0) is 15.4 Å². The van der Waals surface area contributed by atoms with E-state index < -0.39 is 14.4 Å². The quantitative estimate of drug-likeness (QED) is 0.676. The molecule has 0 fully saturated rings. The third-order valence-corrected chi connectivity index (χ3v) is 9.07. The summed E-state index contributed by atoms with van der Waals surface area (Å²) in [4.78, 5) is 0. The van der Waals surface area contributed by atoms with Crippen LogP contribution in [0.15, 0.2) is 60.7 Å². The summed E-state index contributed by atoms with van der Waals surface area (Å²) in [7, 11) is -2.58. The predicted octanol–water partition coefficient (Wildman–Crippen LogP) is 2.56. The molecule has 0 aliphatic heterocycles.